The molecule has 9 nitrogen and oxygen atoms in total. The van der Waals surface area contributed by atoms with Gasteiger partial charge in [-0.25, -0.2) is 13.1 Å². The van der Waals surface area contributed by atoms with Crippen molar-refractivity contribution in [1.82, 2.24) is 14.6 Å². The summed E-state index contributed by atoms with van der Waals surface area (Å²) in [7, 11) is -3.81. The number of rotatable bonds is 10. The van der Waals surface area contributed by atoms with Crippen LogP contribution >= 0.6 is 0 Å². The van der Waals surface area contributed by atoms with Crippen molar-refractivity contribution in [3.63, 3.8) is 0 Å². The third-order valence-electron chi connectivity index (χ3n) is 9.26. The highest BCUT2D eigenvalue weighted by atomic mass is 32.2. The fraction of sp³-hybridized carbons (Fsp3) is 0.289. The smallest absolute Gasteiger partial charge is 0.243 e. The Kier molecular flexibility index (Phi) is 9.65. The van der Waals surface area contributed by atoms with Crippen molar-refractivity contribution in [2.45, 2.75) is 55.0 Å². The number of aliphatic hydroxyl groups excluding tert-OH is 2. The largest absolute Gasteiger partial charge is 0.392 e. The average Bonchev–Trinajstić information content (AvgIpc) is 3.54. The molecule has 1 unspecified atom stereocenters. The molecule has 5 aromatic rings. The Balaban J connectivity index is 1.14. The molecule has 7 rings (SSSR count). The third kappa shape index (κ3) is 7.06. The van der Waals surface area contributed by atoms with Gasteiger partial charge in [-0.1, -0.05) is 97.1 Å². The van der Waals surface area contributed by atoms with Crippen molar-refractivity contribution >= 4 is 20.9 Å². The Morgan fingerprint density at radius 2 is 1.54 bits per heavy atom. The number of hydrogen-bond donors (Lipinski definition) is 3. The first-order chi connectivity index (χ1) is 23.4. The first kappa shape index (κ1) is 32.5. The van der Waals surface area contributed by atoms with Crippen molar-refractivity contribution in [2.24, 2.45) is 0 Å². The van der Waals surface area contributed by atoms with Gasteiger partial charge in [0.15, 0.2) is 6.29 Å². The summed E-state index contributed by atoms with van der Waals surface area (Å²) in [5, 5.41) is 20.7. The summed E-state index contributed by atoms with van der Waals surface area (Å²) in [6, 6.07) is 34.4. The highest BCUT2D eigenvalue weighted by molar-refractivity contribution is 7.89. The minimum atomic E-state index is -3.81. The molecule has 4 aromatic carbocycles. The standard InChI is InChI=1S/C38H39N3O6S/c42-25-27-13-15-30(16-14-27)37-35(28-6-2-1-3-7-28)33(24-41-21-19-32(43)23-41)46-38(47-37)31-17-11-26(12-18-31)22-40-48(44,45)34-10-4-8-29-9-5-20-39-36(29)34/h1-18,20,32-33,35,37-38,40,42-43H,19,21-25H2/t32-,33-,35-,37+,38?/m1/s1. The highest BCUT2D eigenvalue weighted by Gasteiger charge is 2.43. The van der Waals surface area contributed by atoms with E-state index in [0.717, 1.165) is 46.2 Å². The Morgan fingerprint density at radius 1 is 0.812 bits per heavy atom. The molecule has 48 heavy (non-hydrogen) atoms. The lowest BCUT2D eigenvalue weighted by atomic mass is 9.83. The lowest BCUT2D eigenvalue weighted by Gasteiger charge is -2.44. The summed E-state index contributed by atoms with van der Waals surface area (Å²) >= 11 is 0. The Hall–Kier alpha value is -4.00. The molecule has 5 atom stereocenters. The highest BCUT2D eigenvalue weighted by Crippen LogP contribution is 2.47. The molecule has 2 fully saturated rings. The Bertz CT molecular complexity index is 1930. The van der Waals surface area contributed by atoms with Crippen LogP contribution in [0.3, 0.4) is 0 Å². The molecule has 3 heterocycles. The predicted octanol–water partition coefficient (Wildman–Crippen LogP) is 5.21. The van der Waals surface area contributed by atoms with E-state index >= 15 is 0 Å². The van der Waals surface area contributed by atoms with Gasteiger partial charge in [-0.05, 0) is 40.8 Å². The maximum absolute atomic E-state index is 13.3. The molecule has 0 amide bonds. The number of nitrogens with one attached hydrogen (secondary N) is 1. The number of β-amino-alcohol motifs (C(OH)–C–C–N with tert-alkyl or cyclic N) is 1. The zero-order valence-electron chi connectivity index (χ0n) is 26.4. The predicted molar refractivity (Wildman–Crippen MR) is 182 cm³/mol. The summed E-state index contributed by atoms with van der Waals surface area (Å²) in [5.74, 6) is -0.127. The number of benzene rings is 4. The number of sulfonamides is 1. The van der Waals surface area contributed by atoms with E-state index in [9.17, 15) is 18.6 Å². The Morgan fingerprint density at radius 3 is 2.27 bits per heavy atom. The van der Waals surface area contributed by atoms with Crippen LogP contribution in [0.5, 0.6) is 0 Å². The second-order valence-electron chi connectivity index (χ2n) is 12.5. The van der Waals surface area contributed by atoms with E-state index in [-0.39, 0.29) is 42.3 Å². The minimum Gasteiger partial charge on any atom is -0.392 e. The van der Waals surface area contributed by atoms with Crippen molar-refractivity contribution in [3.8, 4) is 0 Å². The van der Waals surface area contributed by atoms with Gasteiger partial charge in [0.2, 0.25) is 10.0 Å². The zero-order chi connectivity index (χ0) is 33.1. The lowest BCUT2D eigenvalue weighted by molar-refractivity contribution is -0.263. The SMILES string of the molecule is O=S(=O)(NCc1ccc(C2O[C@H](CN3CC[C@@H](O)C3)[C@@H](c3ccccc3)[C@H](c3ccc(CO)cc3)O2)cc1)c1cccc2cccnc12. The van der Waals surface area contributed by atoms with Crippen molar-refractivity contribution < 1.29 is 28.1 Å². The van der Waals surface area contributed by atoms with Gasteiger partial charge in [0.25, 0.3) is 0 Å². The number of pyridine rings is 1. The van der Waals surface area contributed by atoms with Gasteiger partial charge in [0.1, 0.15) is 4.90 Å². The molecule has 248 valence electrons. The van der Waals surface area contributed by atoms with Gasteiger partial charge in [-0.15, -0.1) is 0 Å². The van der Waals surface area contributed by atoms with E-state index in [1.807, 2.05) is 78.9 Å². The maximum Gasteiger partial charge on any atom is 0.243 e. The lowest BCUT2D eigenvalue weighted by Crippen LogP contribution is -2.44. The van der Waals surface area contributed by atoms with Crippen LogP contribution in [0.2, 0.25) is 0 Å². The normalized spacial score (nSPS) is 23.4. The monoisotopic (exact) mass is 665 g/mol. The van der Waals surface area contributed by atoms with Gasteiger partial charge >= 0.3 is 0 Å². The molecule has 2 aliphatic rings. The van der Waals surface area contributed by atoms with Crippen molar-refractivity contribution in [2.75, 3.05) is 19.6 Å². The molecule has 0 spiro atoms. The van der Waals surface area contributed by atoms with Crippen LogP contribution in [0.25, 0.3) is 10.9 Å². The number of para-hydroxylation sites is 1. The van der Waals surface area contributed by atoms with E-state index in [1.54, 1.807) is 24.4 Å². The summed E-state index contributed by atoms with van der Waals surface area (Å²) in [6.07, 6.45) is 0.691. The quantitative estimate of drug-likeness (QED) is 0.186. The number of nitrogens with zero attached hydrogens (tertiary/aromatic N) is 2. The molecule has 10 heteroatoms. The van der Waals surface area contributed by atoms with E-state index in [0.29, 0.717) is 18.6 Å². The summed E-state index contributed by atoms with van der Waals surface area (Å²) in [4.78, 5) is 6.69. The average molecular weight is 666 g/mol. The van der Waals surface area contributed by atoms with Crippen LogP contribution in [0.4, 0.5) is 0 Å². The second-order valence-corrected chi connectivity index (χ2v) is 14.2. The van der Waals surface area contributed by atoms with Crippen LogP contribution in [-0.2, 0) is 32.6 Å². The minimum absolute atomic E-state index is 0.0408. The van der Waals surface area contributed by atoms with Crippen LogP contribution < -0.4 is 4.72 Å². The molecule has 0 bridgehead atoms. The van der Waals surface area contributed by atoms with E-state index in [2.05, 4.69) is 26.7 Å². The van der Waals surface area contributed by atoms with E-state index in [1.165, 1.54) is 0 Å². The van der Waals surface area contributed by atoms with Gasteiger partial charge in [-0.2, -0.15) is 0 Å². The number of hydrogen-bond acceptors (Lipinski definition) is 8. The number of fused-ring (bicyclic) bond motifs is 1. The van der Waals surface area contributed by atoms with Crippen LogP contribution in [0.1, 0.15) is 52.5 Å². The van der Waals surface area contributed by atoms with E-state index < -0.39 is 16.3 Å². The van der Waals surface area contributed by atoms with Crippen LogP contribution in [-0.4, -0.2) is 60.4 Å². The molecule has 0 radical (unpaired) electrons. The molecular weight excluding hydrogens is 627 g/mol. The summed E-state index contributed by atoms with van der Waals surface area (Å²) in [6.45, 7) is 2.09. The number of likely N-dealkylation sites (tertiary alicyclic amines) is 1. The molecular formula is C38H39N3O6S. The molecule has 0 aliphatic carbocycles. The Labute approximate surface area is 280 Å². The first-order valence-electron chi connectivity index (χ1n) is 16.3. The van der Waals surface area contributed by atoms with Gasteiger partial charge < -0.3 is 19.7 Å². The fourth-order valence-corrected chi connectivity index (χ4v) is 7.93. The molecule has 2 saturated heterocycles. The van der Waals surface area contributed by atoms with Crippen LogP contribution in [0, 0.1) is 0 Å². The number of aliphatic hydroxyl groups is 2. The summed E-state index contributed by atoms with van der Waals surface area (Å²) in [5.41, 5.74) is 4.93. The van der Waals surface area contributed by atoms with Crippen LogP contribution in [0.15, 0.2) is 120 Å². The van der Waals surface area contributed by atoms with Gasteiger partial charge in [0, 0.05) is 49.2 Å². The topological polar surface area (TPSA) is 121 Å². The first-order valence-corrected chi connectivity index (χ1v) is 17.7. The van der Waals surface area contributed by atoms with Gasteiger partial charge in [-0.3, -0.25) is 9.88 Å². The zero-order valence-corrected chi connectivity index (χ0v) is 27.2. The number of aromatic nitrogens is 1. The summed E-state index contributed by atoms with van der Waals surface area (Å²) < 4.78 is 42.8. The molecule has 3 N–H and O–H groups in total. The van der Waals surface area contributed by atoms with Crippen molar-refractivity contribution in [3.05, 3.63) is 143 Å². The molecule has 1 aromatic heterocycles. The molecule has 0 saturated carbocycles. The van der Waals surface area contributed by atoms with Gasteiger partial charge in [0.05, 0.1) is 30.4 Å². The number of ether oxygens (including phenoxy) is 2. The van der Waals surface area contributed by atoms with E-state index in [4.69, 9.17) is 9.47 Å². The van der Waals surface area contributed by atoms with Crippen molar-refractivity contribution in [1.29, 1.82) is 0 Å². The maximum atomic E-state index is 13.3. The fourth-order valence-electron chi connectivity index (χ4n) is 6.74. The third-order valence-corrected chi connectivity index (χ3v) is 10.7. The molecule has 2 aliphatic heterocycles. The second kappa shape index (κ2) is 14.2.